The van der Waals surface area contributed by atoms with Crippen LogP contribution in [0.15, 0.2) is 181 Å². The zero-order chi connectivity index (χ0) is 77.0. The third-order valence-electron chi connectivity index (χ3n) is 21.9. The Kier molecular flexibility index (Phi) is 31.0. The number of para-hydroxylation sites is 4. The highest BCUT2D eigenvalue weighted by Crippen LogP contribution is 2.50. The number of aliphatic hydroxyl groups excluding tert-OH is 6. The standard InChI is InChI=1S/4C20H22Br2N2O2.2CH4O/c4*21-13-9-12-11-24(14-5-7-15(25)8-6-14)20(23-19(12)17(22)10-13)16-3-1-2-4-18(16)26;2*1-2/h4*1-4,9-10,14-15,20,23,25-26H,5-8,11H2;2*2H,1H3/t4*14?,15?,20-;;/m1111../s1. The van der Waals surface area contributed by atoms with Crippen molar-refractivity contribution in [3.8, 4) is 23.0 Å². The van der Waals surface area contributed by atoms with Gasteiger partial charge in [-0.3, -0.25) is 19.6 Å². The summed E-state index contributed by atoms with van der Waals surface area (Å²) in [5.74, 6) is 1.23. The van der Waals surface area contributed by atoms with Gasteiger partial charge in [0.1, 0.15) is 47.7 Å². The Bertz CT molecular complexity index is 3770. The number of phenolic OH excluding ortho intramolecular Hbond substituents is 4. The van der Waals surface area contributed by atoms with Crippen LogP contribution >= 0.6 is 127 Å². The number of halogens is 8. The van der Waals surface area contributed by atoms with Crippen molar-refractivity contribution in [2.24, 2.45) is 0 Å². The van der Waals surface area contributed by atoms with Crippen LogP contribution in [0, 0.1) is 0 Å². The molecule has 4 atom stereocenters. The van der Waals surface area contributed by atoms with Gasteiger partial charge in [0.25, 0.3) is 0 Å². The first kappa shape index (κ1) is 84.5. The van der Waals surface area contributed by atoms with E-state index in [4.69, 9.17) is 10.2 Å². The lowest BCUT2D eigenvalue weighted by molar-refractivity contribution is 0.0493. The van der Waals surface area contributed by atoms with Crippen LogP contribution in [0.4, 0.5) is 22.7 Å². The van der Waals surface area contributed by atoms with Gasteiger partial charge in [-0.2, -0.15) is 0 Å². The van der Waals surface area contributed by atoms with E-state index in [9.17, 15) is 40.9 Å². The molecule has 108 heavy (non-hydrogen) atoms. The fourth-order valence-electron chi connectivity index (χ4n) is 16.5. The van der Waals surface area contributed by atoms with Crippen molar-refractivity contribution in [1.29, 1.82) is 0 Å². The third-order valence-corrected chi connectivity index (χ3v) is 26.2. The number of nitrogens with zero attached hydrogens (tertiary/aromatic N) is 4. The first-order valence-electron chi connectivity index (χ1n) is 36.8. The van der Waals surface area contributed by atoms with Crippen molar-refractivity contribution in [2.45, 2.75) is 202 Å². The quantitative estimate of drug-likeness (QED) is 0.0674. The Morgan fingerprint density at radius 3 is 0.620 bits per heavy atom. The highest BCUT2D eigenvalue weighted by Gasteiger charge is 2.41. The Morgan fingerprint density at radius 2 is 0.444 bits per heavy atom. The molecule has 0 radical (unpaired) electrons. The Balaban J connectivity index is 0.000000141. The zero-order valence-electron chi connectivity index (χ0n) is 60.2. The van der Waals surface area contributed by atoms with Gasteiger partial charge >= 0.3 is 0 Å². The lowest BCUT2D eigenvalue weighted by Gasteiger charge is -2.45. The summed E-state index contributed by atoms with van der Waals surface area (Å²) in [6, 6.07) is 48.4. The van der Waals surface area contributed by atoms with E-state index >= 15 is 0 Å². The smallest absolute Gasteiger partial charge is 0.122 e. The van der Waals surface area contributed by atoms with Crippen LogP contribution in [0.25, 0.3) is 0 Å². The minimum Gasteiger partial charge on any atom is -0.508 e. The lowest BCUT2D eigenvalue weighted by Crippen LogP contribution is -2.46. The second kappa shape index (κ2) is 39.6. The van der Waals surface area contributed by atoms with Gasteiger partial charge in [0, 0.05) is 123 Å². The first-order valence-corrected chi connectivity index (χ1v) is 43.2. The molecule has 16 rings (SSSR count). The molecule has 4 aliphatic carbocycles. The van der Waals surface area contributed by atoms with Crippen LogP contribution in [0.1, 0.15) is 172 Å². The summed E-state index contributed by atoms with van der Waals surface area (Å²) in [6.45, 7) is 3.22. The largest absolute Gasteiger partial charge is 0.508 e. The van der Waals surface area contributed by atoms with E-state index in [0.29, 0.717) is 47.2 Å². The molecule has 580 valence electrons. The molecular formula is C82H96Br8N8O10. The summed E-state index contributed by atoms with van der Waals surface area (Å²) >= 11 is 29.0. The van der Waals surface area contributed by atoms with Crippen LogP contribution in [0.2, 0.25) is 0 Å². The predicted molar refractivity (Wildman–Crippen MR) is 457 cm³/mol. The minimum atomic E-state index is -0.178. The molecule has 14 N–H and O–H groups in total. The number of hydrogen-bond acceptors (Lipinski definition) is 18. The van der Waals surface area contributed by atoms with Crippen molar-refractivity contribution in [1.82, 2.24) is 19.6 Å². The fourth-order valence-corrected chi connectivity index (χ4v) is 22.2. The molecule has 0 spiro atoms. The number of anilines is 4. The highest BCUT2D eigenvalue weighted by atomic mass is 79.9. The van der Waals surface area contributed by atoms with Gasteiger partial charge in [-0.1, -0.05) is 137 Å². The number of aliphatic hydroxyl groups is 6. The van der Waals surface area contributed by atoms with Gasteiger partial charge in [-0.15, -0.1) is 0 Å². The third kappa shape index (κ3) is 20.6. The normalized spacial score (nSPS) is 25.3. The van der Waals surface area contributed by atoms with Crippen LogP contribution in [0.5, 0.6) is 23.0 Å². The summed E-state index contributed by atoms with van der Waals surface area (Å²) in [7, 11) is 2.00. The molecule has 4 heterocycles. The van der Waals surface area contributed by atoms with Gasteiger partial charge in [-0.05, 0) is 262 Å². The monoisotopic (exact) mass is 1980 g/mol. The average molecular weight is 1990 g/mol. The molecule has 0 saturated heterocycles. The molecule has 0 bridgehead atoms. The molecule has 26 heteroatoms. The summed E-state index contributed by atoms with van der Waals surface area (Å²) < 4.78 is 8.24. The van der Waals surface area contributed by atoms with Crippen molar-refractivity contribution >= 4 is 150 Å². The summed E-state index contributed by atoms with van der Waals surface area (Å²) in [6.07, 6.45) is 13.4. The molecule has 8 aliphatic rings. The number of hydrogen-bond donors (Lipinski definition) is 14. The van der Waals surface area contributed by atoms with Crippen LogP contribution in [-0.2, 0) is 26.2 Å². The maximum atomic E-state index is 10.5. The Morgan fingerprint density at radius 1 is 0.269 bits per heavy atom. The molecule has 4 aliphatic heterocycles. The minimum absolute atomic E-state index is 0.0959. The maximum absolute atomic E-state index is 10.5. The van der Waals surface area contributed by atoms with Gasteiger partial charge in [0.15, 0.2) is 0 Å². The number of benzene rings is 8. The van der Waals surface area contributed by atoms with E-state index in [1.165, 1.54) is 22.3 Å². The number of phenols is 4. The van der Waals surface area contributed by atoms with Crippen molar-refractivity contribution < 1.29 is 51.1 Å². The first-order chi connectivity index (χ1) is 52.1. The molecule has 4 saturated carbocycles. The van der Waals surface area contributed by atoms with Gasteiger partial charge < -0.3 is 72.3 Å². The van der Waals surface area contributed by atoms with Crippen molar-refractivity contribution in [3.63, 3.8) is 0 Å². The van der Waals surface area contributed by atoms with E-state index in [2.05, 4.69) is 193 Å². The average Bonchev–Trinajstić information content (AvgIpc) is 0.785. The van der Waals surface area contributed by atoms with Gasteiger partial charge in [0.05, 0.1) is 47.2 Å². The van der Waals surface area contributed by atoms with Crippen molar-refractivity contribution in [3.05, 3.63) is 226 Å². The Labute approximate surface area is 700 Å². The topological polar surface area (TPSA) is 263 Å². The van der Waals surface area contributed by atoms with E-state index in [-0.39, 0.29) is 49.1 Å². The fraction of sp³-hybridized carbons (Fsp3) is 0.415. The lowest BCUT2D eigenvalue weighted by atomic mass is 9.90. The SMILES string of the molecule is CO.CO.Oc1ccccc1[C@@H]1Nc2c(Br)cc(Br)cc2CN1C1CCC(O)CC1.Oc1ccccc1[C@@H]1Nc2c(Br)cc(Br)cc2CN1C1CCC(O)CC1.Oc1ccccc1[C@@H]1Nc2c(Br)cc(Br)cc2CN1C1CCC(O)CC1.Oc1ccccc1[C@@H]1Nc2c(Br)cc(Br)cc2CN1C1CCC(O)CC1. The van der Waals surface area contributed by atoms with E-state index in [1.54, 1.807) is 24.3 Å². The highest BCUT2D eigenvalue weighted by molar-refractivity contribution is 9.12. The molecule has 0 aromatic heterocycles. The predicted octanol–water partition coefficient (Wildman–Crippen LogP) is 19.8. The van der Waals surface area contributed by atoms with E-state index in [0.717, 1.165) is 224 Å². The molecule has 0 amide bonds. The molecule has 18 nitrogen and oxygen atoms in total. The molecule has 4 fully saturated rings. The second-order valence-corrected chi connectivity index (χ2v) is 35.7. The maximum Gasteiger partial charge on any atom is 0.122 e. The molecule has 8 aromatic rings. The number of aromatic hydroxyl groups is 4. The molecule has 0 unspecified atom stereocenters. The van der Waals surface area contributed by atoms with Crippen LogP contribution in [-0.4, -0.2) is 133 Å². The molecule has 8 aromatic carbocycles. The van der Waals surface area contributed by atoms with Gasteiger partial charge in [0.2, 0.25) is 0 Å². The van der Waals surface area contributed by atoms with Crippen molar-refractivity contribution in [2.75, 3.05) is 35.5 Å². The number of fused-ring (bicyclic) bond motifs is 4. The van der Waals surface area contributed by atoms with Crippen LogP contribution < -0.4 is 21.3 Å². The summed E-state index contributed by atoms with van der Waals surface area (Å²) in [5.41, 5.74) is 12.8. The summed E-state index contributed by atoms with van der Waals surface area (Å²) in [4.78, 5) is 9.73. The summed E-state index contributed by atoms with van der Waals surface area (Å²) in [5, 5.41) is 110. The molecular weight excluding hydrogens is 1900 g/mol. The van der Waals surface area contributed by atoms with Gasteiger partial charge in [-0.25, -0.2) is 0 Å². The van der Waals surface area contributed by atoms with Crippen LogP contribution in [0.3, 0.4) is 0 Å². The number of rotatable bonds is 8. The van der Waals surface area contributed by atoms with E-state index < -0.39 is 0 Å². The second-order valence-electron chi connectivity index (χ2n) is 28.6. The Hall–Kier alpha value is -4.40. The number of nitrogens with one attached hydrogen (secondary N) is 4. The zero-order valence-corrected chi connectivity index (χ0v) is 72.9. The van der Waals surface area contributed by atoms with E-state index in [1.807, 2.05) is 97.1 Å².